The van der Waals surface area contributed by atoms with Gasteiger partial charge in [0.2, 0.25) is 5.91 Å². The van der Waals surface area contributed by atoms with Crippen LogP contribution >= 0.6 is 0 Å². The van der Waals surface area contributed by atoms with E-state index in [9.17, 15) is 4.79 Å². The van der Waals surface area contributed by atoms with Crippen molar-refractivity contribution in [2.75, 3.05) is 7.05 Å². The highest BCUT2D eigenvalue weighted by atomic mass is 16.1. The van der Waals surface area contributed by atoms with Gasteiger partial charge in [0, 0.05) is 14.4 Å². The van der Waals surface area contributed by atoms with Crippen LogP contribution in [0.25, 0.3) is 0 Å². The first-order valence-corrected chi connectivity index (χ1v) is 6.86. The van der Waals surface area contributed by atoms with Gasteiger partial charge in [-0.2, -0.15) is 0 Å². The molecule has 112 valence electrons. The lowest BCUT2D eigenvalue weighted by molar-refractivity contribution is -0.123. The summed E-state index contributed by atoms with van der Waals surface area (Å²) >= 11 is 0. The minimum absolute atomic E-state index is 0. The summed E-state index contributed by atoms with van der Waals surface area (Å²) in [6.07, 6.45) is 7.80. The molecule has 0 bridgehead atoms. The number of aliphatic imine (C=N–C) groups is 1. The van der Waals surface area contributed by atoms with Gasteiger partial charge < -0.3 is 5.32 Å². The van der Waals surface area contributed by atoms with Gasteiger partial charge in [0.05, 0.1) is 0 Å². The van der Waals surface area contributed by atoms with Crippen LogP contribution in [0, 0.1) is 5.92 Å². The molecule has 0 aromatic carbocycles. The van der Waals surface area contributed by atoms with Crippen molar-refractivity contribution in [2.24, 2.45) is 10.9 Å². The van der Waals surface area contributed by atoms with Crippen molar-refractivity contribution in [3.63, 3.8) is 0 Å². The summed E-state index contributed by atoms with van der Waals surface area (Å²) in [5.74, 6) is 0.798. The molecule has 1 fully saturated rings. The second kappa shape index (κ2) is 9.96. The molecule has 1 saturated carbocycles. The van der Waals surface area contributed by atoms with Gasteiger partial charge >= 0.3 is 0 Å². The number of hydrogen-bond acceptors (Lipinski definition) is 2. The first kappa shape index (κ1) is 18.1. The van der Waals surface area contributed by atoms with Crippen molar-refractivity contribution in [3.8, 4) is 0 Å². The van der Waals surface area contributed by atoms with Gasteiger partial charge in [-0.05, 0) is 31.4 Å². The quantitative estimate of drug-likeness (QED) is 0.358. The second-order valence-electron chi connectivity index (χ2n) is 4.66. The standard InChI is InChI=1S/C15H22N2O.C2H4.H2/c1-5-12(11(2)3)10-14(16-4)17-15(18)13-8-6-7-9-13;1-2;/h5,10,13H,1-2,6-9H2,3-4H3,(H,16,17,18);1-2H2;1H/b12-10-;;. The van der Waals surface area contributed by atoms with Gasteiger partial charge in [-0.15, -0.1) is 13.2 Å². The molecule has 0 radical (unpaired) electrons. The maximum atomic E-state index is 12.0. The van der Waals surface area contributed by atoms with Gasteiger partial charge in [-0.3, -0.25) is 9.79 Å². The molecule has 1 aliphatic carbocycles. The number of carbonyl (C=O) groups excluding carboxylic acids is 1. The third-order valence-corrected chi connectivity index (χ3v) is 3.22. The molecule has 3 heteroatoms. The van der Waals surface area contributed by atoms with Crippen LogP contribution in [0.1, 0.15) is 34.0 Å². The van der Waals surface area contributed by atoms with E-state index in [0.717, 1.165) is 36.8 Å². The predicted octanol–water partition coefficient (Wildman–Crippen LogP) is 4.06. The highest BCUT2D eigenvalue weighted by Gasteiger charge is 2.22. The van der Waals surface area contributed by atoms with E-state index in [-0.39, 0.29) is 13.3 Å². The Hall–Kier alpha value is -1.90. The smallest absolute Gasteiger partial charge is 0.228 e. The second-order valence-corrected chi connectivity index (χ2v) is 4.66. The first-order chi connectivity index (χ1) is 9.58. The minimum atomic E-state index is 0. The van der Waals surface area contributed by atoms with E-state index in [1.165, 1.54) is 0 Å². The summed E-state index contributed by atoms with van der Waals surface area (Å²) in [5, 5.41) is 2.87. The van der Waals surface area contributed by atoms with E-state index in [1.807, 2.05) is 13.0 Å². The summed E-state index contributed by atoms with van der Waals surface area (Å²) in [6, 6.07) is 0. The summed E-state index contributed by atoms with van der Waals surface area (Å²) < 4.78 is 0. The predicted molar refractivity (Wildman–Crippen MR) is 89.9 cm³/mol. The third-order valence-electron chi connectivity index (χ3n) is 3.22. The number of amidine groups is 1. The topological polar surface area (TPSA) is 41.5 Å². The van der Waals surface area contributed by atoms with E-state index in [1.54, 1.807) is 13.1 Å². The molecule has 1 N–H and O–H groups in total. The molecule has 0 aliphatic heterocycles. The number of allylic oxidation sites excluding steroid dienone is 3. The minimum Gasteiger partial charge on any atom is -0.311 e. The van der Waals surface area contributed by atoms with Crippen LogP contribution in [0.2, 0.25) is 0 Å². The van der Waals surface area contributed by atoms with Crippen LogP contribution in [0.3, 0.4) is 0 Å². The molecule has 0 unspecified atom stereocenters. The van der Waals surface area contributed by atoms with Crippen molar-refractivity contribution in [3.05, 3.63) is 49.6 Å². The van der Waals surface area contributed by atoms with Gasteiger partial charge in [0.15, 0.2) is 0 Å². The average molecular weight is 276 g/mol. The monoisotopic (exact) mass is 276 g/mol. The molecule has 20 heavy (non-hydrogen) atoms. The molecule has 0 aromatic heterocycles. The van der Waals surface area contributed by atoms with E-state index >= 15 is 0 Å². The Labute approximate surface area is 124 Å². The maximum absolute atomic E-state index is 12.0. The lowest BCUT2D eigenvalue weighted by atomic mass is 10.1. The summed E-state index contributed by atoms with van der Waals surface area (Å²) in [6.45, 7) is 15.5. The van der Waals surface area contributed by atoms with E-state index in [4.69, 9.17) is 0 Å². The number of hydrogen-bond donors (Lipinski definition) is 1. The van der Waals surface area contributed by atoms with E-state index < -0.39 is 0 Å². The fourth-order valence-electron chi connectivity index (χ4n) is 2.08. The Bertz CT molecular complexity index is 419. The lowest BCUT2D eigenvalue weighted by Gasteiger charge is -2.11. The molecule has 1 amide bonds. The summed E-state index contributed by atoms with van der Waals surface area (Å²) in [7, 11) is 1.67. The van der Waals surface area contributed by atoms with Crippen molar-refractivity contribution >= 4 is 11.7 Å². The fourth-order valence-corrected chi connectivity index (χ4v) is 2.08. The summed E-state index contributed by atoms with van der Waals surface area (Å²) in [5.41, 5.74) is 1.79. The molecule has 1 aliphatic rings. The largest absolute Gasteiger partial charge is 0.311 e. The van der Waals surface area contributed by atoms with Gasteiger partial charge in [0.1, 0.15) is 5.84 Å². The lowest BCUT2D eigenvalue weighted by Crippen LogP contribution is -2.34. The van der Waals surface area contributed by atoms with Crippen molar-refractivity contribution in [1.82, 2.24) is 5.32 Å². The van der Waals surface area contributed by atoms with Crippen LogP contribution < -0.4 is 5.32 Å². The third kappa shape index (κ3) is 5.83. The molecular formula is C17H28N2O. The Morgan fingerprint density at radius 1 is 1.35 bits per heavy atom. The molecular weight excluding hydrogens is 248 g/mol. The normalized spacial score (nSPS) is 16.1. The molecule has 3 nitrogen and oxygen atoms in total. The Morgan fingerprint density at radius 3 is 2.30 bits per heavy atom. The first-order valence-electron chi connectivity index (χ1n) is 6.86. The maximum Gasteiger partial charge on any atom is 0.228 e. The zero-order valence-corrected chi connectivity index (χ0v) is 12.7. The Morgan fingerprint density at radius 2 is 1.90 bits per heavy atom. The fraction of sp³-hybridized carbons (Fsp3) is 0.412. The number of carbonyl (C=O) groups is 1. The van der Waals surface area contributed by atoms with Gasteiger partial charge in [-0.1, -0.05) is 37.6 Å². The van der Waals surface area contributed by atoms with E-state index in [2.05, 4.69) is 36.6 Å². The van der Waals surface area contributed by atoms with Crippen molar-refractivity contribution in [1.29, 1.82) is 0 Å². The molecule has 0 atom stereocenters. The molecule has 0 aromatic rings. The highest BCUT2D eigenvalue weighted by molar-refractivity contribution is 6.05. The van der Waals surface area contributed by atoms with E-state index in [0.29, 0.717) is 5.84 Å². The number of amides is 1. The zero-order valence-electron chi connectivity index (χ0n) is 12.7. The number of rotatable bonds is 4. The Balaban J connectivity index is 0. The van der Waals surface area contributed by atoms with Crippen LogP contribution in [0.15, 0.2) is 54.6 Å². The Kier molecular flexibility index (Phi) is 9.01. The van der Waals surface area contributed by atoms with Crippen LogP contribution in [-0.2, 0) is 4.79 Å². The number of nitrogens with zero attached hydrogens (tertiary/aromatic N) is 1. The van der Waals surface area contributed by atoms with Crippen molar-refractivity contribution in [2.45, 2.75) is 32.6 Å². The van der Waals surface area contributed by atoms with Crippen LogP contribution in [-0.4, -0.2) is 18.8 Å². The molecule has 0 saturated heterocycles. The van der Waals surface area contributed by atoms with Crippen molar-refractivity contribution < 1.29 is 6.22 Å². The van der Waals surface area contributed by atoms with Crippen LogP contribution in [0.4, 0.5) is 0 Å². The highest BCUT2D eigenvalue weighted by Crippen LogP contribution is 2.24. The zero-order chi connectivity index (χ0) is 15.5. The SMILES string of the molecule is C=C.C=C/C(=C/C(=NC)NC(=O)C1CCCC1)C(=C)C.[HH]. The molecule has 0 heterocycles. The average Bonchev–Trinajstić information content (AvgIpc) is 2.99. The summed E-state index contributed by atoms with van der Waals surface area (Å²) in [4.78, 5) is 16.1. The van der Waals surface area contributed by atoms with Crippen LogP contribution in [0.5, 0.6) is 0 Å². The number of nitrogens with one attached hydrogen (secondary N) is 1. The molecule has 1 rings (SSSR count). The van der Waals surface area contributed by atoms with Gasteiger partial charge in [0.25, 0.3) is 0 Å². The molecule has 0 spiro atoms. The van der Waals surface area contributed by atoms with Gasteiger partial charge in [-0.25, -0.2) is 0 Å².